The molecular weight excluding hydrogens is 1310 g/mol. The number of carbonyl (C=O) groups excluding carboxylic acids is 1. The molecule has 0 amide bonds. The number of rotatable bonds is 33. The van der Waals surface area contributed by atoms with Crippen molar-refractivity contribution in [2.24, 2.45) is 0 Å². The van der Waals surface area contributed by atoms with Crippen molar-refractivity contribution in [1.29, 1.82) is 0 Å². The highest BCUT2D eigenvalue weighted by molar-refractivity contribution is 7.87. The molecule has 0 saturated carbocycles. The number of fused-ring (bicyclic) bond motifs is 6. The van der Waals surface area contributed by atoms with Gasteiger partial charge < -0.3 is 56.1 Å². The zero-order valence-electron chi connectivity index (χ0n) is 49.2. The maximum atomic E-state index is 14.4. The molecule has 5 aromatic rings. The van der Waals surface area contributed by atoms with Crippen molar-refractivity contribution in [1.82, 2.24) is 0 Å². The molecule has 0 aromatic heterocycles. The van der Waals surface area contributed by atoms with Gasteiger partial charge in [0.1, 0.15) is 47.1 Å². The largest absolute Gasteiger partial charge is 0.748 e. The number of benzene rings is 5. The third-order valence-electron chi connectivity index (χ3n) is 15.4. The van der Waals surface area contributed by atoms with Crippen molar-refractivity contribution in [2.45, 2.75) is 89.2 Å². The van der Waals surface area contributed by atoms with Crippen LogP contribution in [0.5, 0.6) is 5.75 Å². The Balaban J connectivity index is 1.34. The molecular formula is C58H62F4N2O22S5-4. The molecule has 24 nitrogen and oxygen atoms in total. The number of carbonyl (C=O) groups is 1. The summed E-state index contributed by atoms with van der Waals surface area (Å²) in [6.45, 7) is 4.63. The minimum Gasteiger partial charge on any atom is -0.748 e. The van der Waals surface area contributed by atoms with Crippen molar-refractivity contribution in [3.05, 3.63) is 125 Å². The van der Waals surface area contributed by atoms with Gasteiger partial charge in [0, 0.05) is 85.5 Å². The quantitative estimate of drug-likeness (QED) is 0.00630. The highest BCUT2D eigenvalue weighted by Gasteiger charge is 2.49. The van der Waals surface area contributed by atoms with Crippen molar-refractivity contribution in [3.8, 4) is 5.75 Å². The molecule has 0 N–H and O–H groups in total. The summed E-state index contributed by atoms with van der Waals surface area (Å²) in [5.41, 5.74) is -1.10. The third-order valence-corrected chi connectivity index (χ3v) is 19.6. The summed E-state index contributed by atoms with van der Waals surface area (Å²) < 4.78 is 279. The first-order valence-corrected chi connectivity index (χ1v) is 35.0. The molecule has 498 valence electrons. The molecule has 0 bridgehead atoms. The maximum Gasteiger partial charge on any atom is 0.311 e. The van der Waals surface area contributed by atoms with Crippen molar-refractivity contribution < 1.29 is 120 Å². The number of hydrogen-bond donors (Lipinski definition) is 0. The van der Waals surface area contributed by atoms with Crippen LogP contribution in [0.25, 0.3) is 21.5 Å². The first-order chi connectivity index (χ1) is 42.6. The molecule has 0 radical (unpaired) electrons. The zero-order valence-corrected chi connectivity index (χ0v) is 53.3. The first-order valence-electron chi connectivity index (χ1n) is 27.8. The zero-order chi connectivity index (χ0) is 67.1. The lowest BCUT2D eigenvalue weighted by Crippen LogP contribution is -2.32. The van der Waals surface area contributed by atoms with E-state index in [0.717, 1.165) is 12.1 Å². The van der Waals surface area contributed by atoms with Gasteiger partial charge in [-0.25, -0.2) is 50.9 Å². The molecule has 2 atom stereocenters. The van der Waals surface area contributed by atoms with Gasteiger partial charge in [-0.3, -0.25) is 4.79 Å². The highest BCUT2D eigenvalue weighted by Crippen LogP contribution is 2.54. The van der Waals surface area contributed by atoms with Crippen LogP contribution in [-0.2, 0) is 89.9 Å². The highest BCUT2D eigenvalue weighted by atomic mass is 32.2. The van der Waals surface area contributed by atoms with E-state index in [1.54, 1.807) is 41.6 Å². The summed E-state index contributed by atoms with van der Waals surface area (Å²) in [6, 6.07) is 8.13. The van der Waals surface area contributed by atoms with Crippen LogP contribution < -0.4 is 9.64 Å². The van der Waals surface area contributed by atoms with Gasteiger partial charge in [0.25, 0.3) is 0 Å². The lowest BCUT2D eigenvalue weighted by Gasteiger charge is -2.31. The second-order valence-corrected chi connectivity index (χ2v) is 28.4. The van der Waals surface area contributed by atoms with E-state index in [2.05, 4.69) is 4.74 Å². The van der Waals surface area contributed by atoms with Gasteiger partial charge in [-0.2, -0.15) is 13.4 Å². The summed E-state index contributed by atoms with van der Waals surface area (Å²) in [7, 11) is -23.8. The Morgan fingerprint density at radius 3 is 1.65 bits per heavy atom. The fraction of sp³-hybridized carbons (Fsp3) is 0.414. The average Bonchev–Trinajstić information content (AvgIpc) is 1.59. The molecule has 5 aromatic carbocycles. The van der Waals surface area contributed by atoms with Crippen LogP contribution in [0.2, 0.25) is 0 Å². The number of nitrogens with zero attached hydrogens (tertiary/aromatic N) is 2. The summed E-state index contributed by atoms with van der Waals surface area (Å²) in [6.07, 6.45) is 7.15. The van der Waals surface area contributed by atoms with E-state index < -0.39 is 128 Å². The van der Waals surface area contributed by atoms with Crippen LogP contribution in [0.1, 0.15) is 69.9 Å². The number of hydrogen-bond acceptors (Lipinski definition) is 23. The topological polar surface area (TPSA) is 365 Å². The predicted octanol–water partition coefficient (Wildman–Crippen LogP) is 6.52. The summed E-state index contributed by atoms with van der Waals surface area (Å²) in [4.78, 5) is 10.4. The second kappa shape index (κ2) is 29.4. The number of methoxy groups -OCH3 is 2. The fourth-order valence-corrected chi connectivity index (χ4v) is 14.4. The Bertz CT molecular complexity index is 4310. The second-order valence-electron chi connectivity index (χ2n) is 21.4. The van der Waals surface area contributed by atoms with E-state index in [9.17, 15) is 87.2 Å². The van der Waals surface area contributed by atoms with Gasteiger partial charge in [-0.15, -0.1) is 0 Å². The number of halogens is 4. The average molecular weight is 1380 g/mol. The first kappa shape index (κ1) is 72.3. The van der Waals surface area contributed by atoms with Crippen LogP contribution >= 0.6 is 0 Å². The van der Waals surface area contributed by atoms with E-state index in [1.807, 2.05) is 0 Å². The molecule has 0 saturated heterocycles. The molecule has 2 unspecified atom stereocenters. The van der Waals surface area contributed by atoms with Crippen LogP contribution in [0.4, 0.5) is 28.9 Å². The van der Waals surface area contributed by atoms with Gasteiger partial charge in [0.15, 0.2) is 23.9 Å². The predicted molar refractivity (Wildman–Crippen MR) is 313 cm³/mol. The summed E-state index contributed by atoms with van der Waals surface area (Å²) >= 11 is 0. The Morgan fingerprint density at radius 2 is 1.11 bits per heavy atom. The molecule has 0 aliphatic carbocycles. The normalized spacial score (nSPS) is 17.9. The number of anilines is 1. The fourth-order valence-electron chi connectivity index (χ4n) is 11.3. The number of ether oxygens (including phenoxy) is 6. The van der Waals surface area contributed by atoms with Gasteiger partial charge >= 0.3 is 5.97 Å². The molecule has 0 spiro atoms. The standard InChI is InChI=1S/C58H66F4N2O22S5/c1-57(19-11-31-87(66,67)68)49(64(22-24-81-3)46-18-16-39-41(52(46)57)32-37(88(69,70)71)34-47(39)90(75,76)77)12-7-5-8-13-50-58(2,20-23-83-27-28-85-30-29-84-26-25-82-4)53-42-33-38(89(72,73)74)35-48(91(78,79)80)40(42)15-17-45(53)63(50)21-10-6-9-14-51(65)86-56-54(61)43(59)36-44(60)55(56)62/h5,7-8,12-13,15-18,32-36H,6,9-11,14,19-31H2,1-4H3,(H4-,66,67,68,69,70,71,72,73,74,75,76,77,78,79,80)/p-4. The van der Waals surface area contributed by atoms with Crippen molar-refractivity contribution in [2.75, 3.05) is 90.8 Å². The van der Waals surface area contributed by atoms with Crippen LogP contribution in [0.3, 0.4) is 0 Å². The van der Waals surface area contributed by atoms with Crippen molar-refractivity contribution in [3.63, 3.8) is 0 Å². The van der Waals surface area contributed by atoms with Crippen LogP contribution in [-0.4, -0.2) is 167 Å². The lowest BCUT2D eigenvalue weighted by molar-refractivity contribution is -0.441. The van der Waals surface area contributed by atoms with Gasteiger partial charge in [-0.05, 0) is 110 Å². The molecule has 7 rings (SSSR count). The minimum atomic E-state index is -5.49. The SMILES string of the molecule is COCCOCCOCCOCCC1(C)\C(=C/C=C/C=C/C2=[N+](CCOC)c3ccc4c(S(=O)(=O)[O-])cc(S(=O)(=O)[O-])cc4c3C2(C)CCCS(=O)(=O)[O-])N(CCCCCC(=O)Oc2c(F)c(F)cc(F)c2F)c2ccc3c(S(=O)(=O)[O-])cc(S(=O)(=O)[O-])cc3c21. The summed E-state index contributed by atoms with van der Waals surface area (Å²) in [5.74, 6) is -11.2. The number of esters is 1. The van der Waals surface area contributed by atoms with E-state index >= 15 is 0 Å². The number of unbranched alkanes of at least 4 members (excludes halogenated alkanes) is 2. The Labute approximate surface area is 523 Å². The van der Waals surface area contributed by atoms with Crippen molar-refractivity contribution >= 4 is 95.2 Å². The van der Waals surface area contributed by atoms with Gasteiger partial charge in [0.05, 0.1) is 74.8 Å². The van der Waals surface area contributed by atoms with Crippen LogP contribution in [0.15, 0.2) is 110 Å². The summed E-state index contributed by atoms with van der Waals surface area (Å²) in [5, 5.41) is -0.802. The van der Waals surface area contributed by atoms with Gasteiger partial charge in [-0.1, -0.05) is 30.7 Å². The lowest BCUT2D eigenvalue weighted by atomic mass is 9.74. The van der Waals surface area contributed by atoms with Gasteiger partial charge in [0.2, 0.25) is 23.1 Å². The van der Waals surface area contributed by atoms with E-state index in [1.165, 1.54) is 50.6 Å². The van der Waals surface area contributed by atoms with E-state index in [-0.39, 0.29) is 130 Å². The monoisotopic (exact) mass is 1370 g/mol. The minimum absolute atomic E-state index is 0.0133. The molecule has 2 aliphatic heterocycles. The Hall–Kier alpha value is -6.15. The molecule has 0 fully saturated rings. The molecule has 91 heavy (non-hydrogen) atoms. The third kappa shape index (κ3) is 17.0. The van der Waals surface area contributed by atoms with Crippen LogP contribution in [0, 0.1) is 23.3 Å². The Kier molecular flexibility index (Phi) is 23.4. The van der Waals surface area contributed by atoms with E-state index in [4.69, 9.17) is 23.7 Å². The van der Waals surface area contributed by atoms with E-state index in [0.29, 0.717) is 48.1 Å². The number of allylic oxidation sites excluding steroid dienone is 6. The molecule has 33 heteroatoms. The Morgan fingerprint density at radius 1 is 0.571 bits per heavy atom. The smallest absolute Gasteiger partial charge is 0.311 e. The molecule has 2 aliphatic rings. The maximum absolute atomic E-state index is 14.4. The molecule has 2 heterocycles.